The molecule has 4 rings (SSSR count). The Morgan fingerprint density at radius 3 is 2.48 bits per heavy atom. The lowest BCUT2D eigenvalue weighted by Crippen LogP contribution is -2.38. The number of rotatable bonds is 11. The summed E-state index contributed by atoms with van der Waals surface area (Å²) in [5, 5.41) is 0.472. The van der Waals surface area contributed by atoms with E-state index < -0.39 is 6.04 Å². The van der Waals surface area contributed by atoms with Crippen LogP contribution in [0.1, 0.15) is 61.8 Å². The highest BCUT2D eigenvalue weighted by molar-refractivity contribution is 9.11. The van der Waals surface area contributed by atoms with Gasteiger partial charge in [-0.25, -0.2) is 4.98 Å². The summed E-state index contributed by atoms with van der Waals surface area (Å²) in [6.07, 6.45) is 4.02. The van der Waals surface area contributed by atoms with E-state index in [4.69, 9.17) is 14.5 Å². The van der Waals surface area contributed by atoms with Crippen molar-refractivity contribution in [3.63, 3.8) is 0 Å². The molecule has 1 unspecified atom stereocenters. The molecule has 0 saturated heterocycles. The number of methoxy groups -OCH3 is 2. The molecule has 210 valence electrons. The standard InChI is InChI=1S/C31H33Br2N3O4/c1-5-6-7-10-16-35(30(37)21-12-11-13-22(32)17-21)20(2)29-34-25-15-9-8-14-24(25)31(38)36(29)26-18-23(39-3)19-27(40-4)28(26)33/h8-9,11-15,17-20H,5-7,10,16H2,1-4H3. The number of para-hydroxylation sites is 1. The molecule has 0 saturated carbocycles. The number of unbranched alkanes of at least 4 members (excludes halogenated alkanes) is 3. The molecular weight excluding hydrogens is 638 g/mol. The van der Waals surface area contributed by atoms with Crippen molar-refractivity contribution in [3.05, 3.63) is 91.4 Å². The average Bonchev–Trinajstić information content (AvgIpc) is 2.97. The van der Waals surface area contributed by atoms with Gasteiger partial charge < -0.3 is 14.4 Å². The number of amides is 1. The van der Waals surface area contributed by atoms with Gasteiger partial charge in [0.05, 0.1) is 41.3 Å². The summed E-state index contributed by atoms with van der Waals surface area (Å²) in [5.74, 6) is 1.35. The van der Waals surface area contributed by atoms with Crippen molar-refractivity contribution >= 4 is 48.7 Å². The molecule has 0 aliphatic heterocycles. The van der Waals surface area contributed by atoms with Crippen LogP contribution in [0.25, 0.3) is 16.6 Å². The van der Waals surface area contributed by atoms with E-state index in [9.17, 15) is 9.59 Å². The van der Waals surface area contributed by atoms with Crippen LogP contribution in [0.15, 0.2) is 74.4 Å². The third kappa shape index (κ3) is 6.25. The molecule has 0 radical (unpaired) electrons. The maximum atomic E-state index is 14.1. The minimum absolute atomic E-state index is 0.124. The topological polar surface area (TPSA) is 73.7 Å². The Morgan fingerprint density at radius 2 is 1.77 bits per heavy atom. The van der Waals surface area contributed by atoms with Crippen molar-refractivity contribution in [1.82, 2.24) is 14.5 Å². The number of nitrogens with zero attached hydrogens (tertiary/aromatic N) is 3. The van der Waals surface area contributed by atoms with Crippen LogP contribution in [0, 0.1) is 0 Å². The molecule has 0 spiro atoms. The van der Waals surface area contributed by atoms with E-state index in [1.54, 1.807) is 37.0 Å². The molecule has 0 N–H and O–H groups in total. The SMILES string of the molecule is CCCCCCN(C(=O)c1cccc(Br)c1)C(C)c1nc2ccccc2c(=O)n1-c1cc(OC)cc(OC)c1Br. The fourth-order valence-corrected chi connectivity index (χ4v) is 5.72. The quantitative estimate of drug-likeness (QED) is 0.153. The second-order valence-electron chi connectivity index (χ2n) is 9.54. The number of carbonyl (C=O) groups is 1. The van der Waals surface area contributed by atoms with Crippen LogP contribution in [0.4, 0.5) is 0 Å². The Hall–Kier alpha value is -3.17. The zero-order valence-corrected chi connectivity index (χ0v) is 26.3. The number of fused-ring (bicyclic) bond motifs is 1. The number of carbonyl (C=O) groups excluding carboxylic acids is 1. The third-order valence-corrected chi connectivity index (χ3v) is 8.21. The first kappa shape index (κ1) is 29.8. The van der Waals surface area contributed by atoms with Gasteiger partial charge in [-0.05, 0) is 59.6 Å². The van der Waals surface area contributed by atoms with E-state index in [1.165, 1.54) is 0 Å². The Labute approximate surface area is 251 Å². The molecule has 0 fully saturated rings. The van der Waals surface area contributed by atoms with E-state index >= 15 is 0 Å². The van der Waals surface area contributed by atoms with Crippen LogP contribution in [0.3, 0.4) is 0 Å². The van der Waals surface area contributed by atoms with Gasteiger partial charge in [0.25, 0.3) is 11.5 Å². The summed E-state index contributed by atoms with van der Waals surface area (Å²) in [5.41, 5.74) is 1.40. The normalized spacial score (nSPS) is 11.8. The van der Waals surface area contributed by atoms with Crippen LogP contribution in [0.5, 0.6) is 11.5 Å². The first-order valence-electron chi connectivity index (χ1n) is 13.3. The van der Waals surface area contributed by atoms with Crippen LogP contribution in [-0.2, 0) is 0 Å². The molecule has 0 aliphatic rings. The van der Waals surface area contributed by atoms with Gasteiger partial charge in [-0.3, -0.25) is 14.2 Å². The molecule has 1 heterocycles. The summed E-state index contributed by atoms with van der Waals surface area (Å²) in [4.78, 5) is 34.9. The number of halogens is 2. The van der Waals surface area contributed by atoms with Gasteiger partial charge in [-0.15, -0.1) is 0 Å². The summed E-state index contributed by atoms with van der Waals surface area (Å²) in [6, 6.07) is 17.6. The van der Waals surface area contributed by atoms with Crippen LogP contribution < -0.4 is 15.0 Å². The molecule has 0 bridgehead atoms. The lowest BCUT2D eigenvalue weighted by molar-refractivity contribution is 0.0677. The lowest BCUT2D eigenvalue weighted by atomic mass is 10.1. The summed E-state index contributed by atoms with van der Waals surface area (Å²) >= 11 is 7.13. The molecule has 40 heavy (non-hydrogen) atoms. The Balaban J connectivity index is 1.94. The van der Waals surface area contributed by atoms with Crippen molar-refractivity contribution in [2.24, 2.45) is 0 Å². The fraction of sp³-hybridized carbons (Fsp3) is 0.323. The van der Waals surface area contributed by atoms with E-state index in [1.807, 2.05) is 54.3 Å². The second-order valence-corrected chi connectivity index (χ2v) is 11.2. The first-order valence-corrected chi connectivity index (χ1v) is 14.9. The van der Waals surface area contributed by atoms with Gasteiger partial charge >= 0.3 is 0 Å². The van der Waals surface area contributed by atoms with Crippen molar-refractivity contribution in [3.8, 4) is 17.2 Å². The number of ether oxygens (including phenoxy) is 2. The Bertz CT molecular complexity index is 1570. The number of hydrogen-bond acceptors (Lipinski definition) is 5. The monoisotopic (exact) mass is 669 g/mol. The van der Waals surface area contributed by atoms with Crippen molar-refractivity contribution < 1.29 is 14.3 Å². The van der Waals surface area contributed by atoms with Crippen LogP contribution in [-0.4, -0.2) is 41.1 Å². The molecular formula is C31H33Br2N3O4. The van der Waals surface area contributed by atoms with Crippen LogP contribution >= 0.6 is 31.9 Å². The highest BCUT2D eigenvalue weighted by atomic mass is 79.9. The maximum absolute atomic E-state index is 14.1. The number of hydrogen-bond donors (Lipinski definition) is 0. The smallest absolute Gasteiger partial charge is 0.266 e. The second kappa shape index (κ2) is 13.5. The zero-order chi connectivity index (χ0) is 28.8. The maximum Gasteiger partial charge on any atom is 0.266 e. The highest BCUT2D eigenvalue weighted by Gasteiger charge is 2.29. The van der Waals surface area contributed by atoms with E-state index in [2.05, 4.69) is 38.8 Å². The van der Waals surface area contributed by atoms with Gasteiger partial charge in [0.2, 0.25) is 0 Å². The summed E-state index contributed by atoms with van der Waals surface area (Å²) in [6.45, 7) is 4.61. The molecule has 1 amide bonds. The molecule has 0 aliphatic carbocycles. The minimum atomic E-state index is -0.533. The summed E-state index contributed by atoms with van der Waals surface area (Å²) < 4.78 is 14.1. The molecule has 1 aromatic heterocycles. The molecule has 1 atom stereocenters. The Morgan fingerprint density at radius 1 is 1.00 bits per heavy atom. The fourth-order valence-electron chi connectivity index (χ4n) is 4.76. The number of benzene rings is 3. The lowest BCUT2D eigenvalue weighted by Gasteiger charge is -2.31. The van der Waals surface area contributed by atoms with Crippen molar-refractivity contribution in [2.75, 3.05) is 20.8 Å². The Kier molecular flexibility index (Phi) is 10.0. The summed E-state index contributed by atoms with van der Waals surface area (Å²) in [7, 11) is 3.12. The van der Waals surface area contributed by atoms with E-state index in [0.29, 0.717) is 50.5 Å². The molecule has 3 aromatic carbocycles. The molecule has 4 aromatic rings. The average molecular weight is 671 g/mol. The van der Waals surface area contributed by atoms with Crippen molar-refractivity contribution in [2.45, 2.75) is 45.6 Å². The minimum Gasteiger partial charge on any atom is -0.497 e. The first-order chi connectivity index (χ1) is 19.3. The van der Waals surface area contributed by atoms with Gasteiger partial charge in [-0.1, -0.05) is 60.3 Å². The molecule has 9 heteroatoms. The molecule has 7 nitrogen and oxygen atoms in total. The predicted molar refractivity (Wildman–Crippen MR) is 166 cm³/mol. The van der Waals surface area contributed by atoms with Crippen molar-refractivity contribution in [1.29, 1.82) is 0 Å². The van der Waals surface area contributed by atoms with Gasteiger partial charge in [-0.2, -0.15) is 0 Å². The van der Waals surface area contributed by atoms with Gasteiger partial charge in [0.1, 0.15) is 17.3 Å². The zero-order valence-electron chi connectivity index (χ0n) is 23.1. The van der Waals surface area contributed by atoms with E-state index in [0.717, 1.165) is 30.2 Å². The van der Waals surface area contributed by atoms with Gasteiger partial charge in [0.15, 0.2) is 0 Å². The van der Waals surface area contributed by atoms with Crippen LogP contribution in [0.2, 0.25) is 0 Å². The predicted octanol–water partition coefficient (Wildman–Crippen LogP) is 7.71. The third-order valence-electron chi connectivity index (χ3n) is 6.92. The highest BCUT2D eigenvalue weighted by Crippen LogP contribution is 2.37. The largest absolute Gasteiger partial charge is 0.497 e. The van der Waals surface area contributed by atoms with E-state index in [-0.39, 0.29) is 11.5 Å². The number of aromatic nitrogens is 2. The van der Waals surface area contributed by atoms with Gasteiger partial charge in [0, 0.05) is 28.7 Å².